The summed E-state index contributed by atoms with van der Waals surface area (Å²) in [4.78, 5) is 24.8. The number of fused-ring (bicyclic) bond motifs is 4. The summed E-state index contributed by atoms with van der Waals surface area (Å²) in [6.45, 7) is 0. The lowest BCUT2D eigenvalue weighted by atomic mass is 9.97. The Morgan fingerprint density at radius 2 is 0.814 bits per heavy atom. The summed E-state index contributed by atoms with van der Waals surface area (Å²) in [6.07, 6.45) is 6.27. The van der Waals surface area contributed by atoms with Crippen molar-refractivity contribution in [2.24, 2.45) is 10.2 Å². The number of benzene rings is 6. The van der Waals surface area contributed by atoms with E-state index in [1.54, 1.807) is 12.4 Å². The predicted octanol–water partition coefficient (Wildman–Crippen LogP) is 7.85. The van der Waals surface area contributed by atoms with Gasteiger partial charge in [0.15, 0.2) is 0 Å². The fourth-order valence-corrected chi connectivity index (χ4v) is 5.57. The van der Waals surface area contributed by atoms with Crippen molar-refractivity contribution in [2.45, 2.75) is 32.1 Å². The van der Waals surface area contributed by atoms with E-state index in [4.69, 9.17) is 0 Å². The van der Waals surface area contributed by atoms with Crippen LogP contribution in [0.4, 0.5) is 0 Å². The van der Waals surface area contributed by atoms with Gasteiger partial charge in [0.25, 0.3) is 0 Å². The van der Waals surface area contributed by atoms with Gasteiger partial charge >= 0.3 is 0 Å². The summed E-state index contributed by atoms with van der Waals surface area (Å²) >= 11 is 0. The first-order valence-corrected chi connectivity index (χ1v) is 14.6. The molecule has 43 heavy (non-hydrogen) atoms. The summed E-state index contributed by atoms with van der Waals surface area (Å²) in [5.41, 5.74) is 7.29. The maximum absolute atomic E-state index is 12.4. The molecule has 0 bridgehead atoms. The average molecular weight is 565 g/mol. The van der Waals surface area contributed by atoms with Gasteiger partial charge in [-0.3, -0.25) is 9.59 Å². The molecule has 0 aliphatic heterocycles. The number of carbonyl (C=O) groups excluding carboxylic acids is 2. The van der Waals surface area contributed by atoms with Crippen LogP contribution in [0.25, 0.3) is 43.1 Å². The standard InChI is InChI=1S/C37H32N4O2/c42-36(40-38-24-34-30-16-8-4-12-26(30)22-27-13-5-9-17-31(27)34)20-2-1-3-21-37(43)41-39-25-35-32-18-10-6-14-28(32)23-29-15-7-11-19-33(29)35/h4-19,22-25H,1-3,20-21H2,(H,40,42)(H,41,43). The topological polar surface area (TPSA) is 82.9 Å². The molecule has 2 N–H and O–H groups in total. The highest BCUT2D eigenvalue weighted by atomic mass is 16.2. The Morgan fingerprint density at radius 1 is 0.488 bits per heavy atom. The van der Waals surface area contributed by atoms with Crippen molar-refractivity contribution in [2.75, 3.05) is 0 Å². The Bertz CT molecular complexity index is 1760. The van der Waals surface area contributed by atoms with Crippen molar-refractivity contribution in [3.63, 3.8) is 0 Å². The maximum Gasteiger partial charge on any atom is 0.240 e. The number of amides is 2. The van der Waals surface area contributed by atoms with E-state index >= 15 is 0 Å². The molecule has 0 aliphatic carbocycles. The van der Waals surface area contributed by atoms with Crippen LogP contribution < -0.4 is 10.9 Å². The van der Waals surface area contributed by atoms with Gasteiger partial charge in [-0.2, -0.15) is 10.2 Å². The number of rotatable bonds is 10. The van der Waals surface area contributed by atoms with Gasteiger partial charge in [-0.15, -0.1) is 0 Å². The molecule has 6 nitrogen and oxygen atoms in total. The zero-order valence-corrected chi connectivity index (χ0v) is 23.8. The van der Waals surface area contributed by atoms with Crippen LogP contribution in [0.1, 0.15) is 43.2 Å². The van der Waals surface area contributed by atoms with Gasteiger partial charge < -0.3 is 0 Å². The van der Waals surface area contributed by atoms with Crippen molar-refractivity contribution in [3.8, 4) is 0 Å². The Balaban J connectivity index is 0.969. The highest BCUT2D eigenvalue weighted by Crippen LogP contribution is 2.28. The van der Waals surface area contributed by atoms with Gasteiger partial charge in [0.2, 0.25) is 11.8 Å². The Kier molecular flexibility index (Phi) is 8.46. The molecule has 0 aromatic heterocycles. The number of unbranched alkanes of at least 4 members (excludes halogenated alkanes) is 2. The van der Waals surface area contributed by atoms with Crippen LogP contribution in [0, 0.1) is 0 Å². The lowest BCUT2D eigenvalue weighted by molar-refractivity contribution is -0.121. The van der Waals surface area contributed by atoms with E-state index in [1.807, 2.05) is 48.5 Å². The summed E-state index contributed by atoms with van der Waals surface area (Å²) in [6, 6.07) is 37.0. The summed E-state index contributed by atoms with van der Waals surface area (Å²) in [7, 11) is 0. The predicted molar refractivity (Wildman–Crippen MR) is 177 cm³/mol. The number of hydrazone groups is 2. The minimum Gasteiger partial charge on any atom is -0.273 e. The molecule has 0 spiro atoms. The zero-order chi connectivity index (χ0) is 29.4. The number of hydrogen-bond donors (Lipinski definition) is 2. The van der Waals surface area contributed by atoms with Crippen LogP contribution >= 0.6 is 0 Å². The minimum atomic E-state index is -0.142. The number of hydrogen-bond acceptors (Lipinski definition) is 4. The molecule has 6 aromatic rings. The Hall–Kier alpha value is -5.36. The van der Waals surface area contributed by atoms with Gasteiger partial charge in [0.05, 0.1) is 12.4 Å². The second kappa shape index (κ2) is 13.1. The van der Waals surface area contributed by atoms with E-state index in [2.05, 4.69) is 81.7 Å². The highest BCUT2D eigenvalue weighted by molar-refractivity contribution is 6.14. The van der Waals surface area contributed by atoms with Gasteiger partial charge in [-0.1, -0.05) is 103 Å². The molecule has 0 atom stereocenters. The number of carbonyl (C=O) groups is 2. The van der Waals surface area contributed by atoms with E-state index in [0.717, 1.165) is 60.6 Å². The van der Waals surface area contributed by atoms with Gasteiger partial charge in [0.1, 0.15) is 0 Å². The van der Waals surface area contributed by atoms with Crippen molar-refractivity contribution in [1.29, 1.82) is 0 Å². The second-order valence-electron chi connectivity index (χ2n) is 10.6. The van der Waals surface area contributed by atoms with E-state index in [1.165, 1.54) is 0 Å². The Labute approximate surface area is 250 Å². The van der Waals surface area contributed by atoms with Crippen LogP contribution in [0.2, 0.25) is 0 Å². The molecule has 0 saturated heterocycles. The van der Waals surface area contributed by atoms with Crippen LogP contribution in [0.15, 0.2) is 119 Å². The minimum absolute atomic E-state index is 0.142. The van der Waals surface area contributed by atoms with E-state index in [-0.39, 0.29) is 11.8 Å². The maximum atomic E-state index is 12.4. The van der Waals surface area contributed by atoms with Gasteiger partial charge in [-0.25, -0.2) is 10.9 Å². The zero-order valence-electron chi connectivity index (χ0n) is 23.8. The van der Waals surface area contributed by atoms with Crippen LogP contribution in [0.3, 0.4) is 0 Å². The molecule has 0 saturated carbocycles. The first-order chi connectivity index (χ1) is 21.2. The third-order valence-corrected chi connectivity index (χ3v) is 7.70. The molecule has 0 radical (unpaired) electrons. The van der Waals surface area contributed by atoms with E-state index < -0.39 is 0 Å². The van der Waals surface area contributed by atoms with Crippen molar-refractivity contribution in [1.82, 2.24) is 10.9 Å². The molecule has 6 heteroatoms. The van der Waals surface area contributed by atoms with Gasteiger partial charge in [0, 0.05) is 24.0 Å². The van der Waals surface area contributed by atoms with Crippen molar-refractivity contribution in [3.05, 3.63) is 120 Å². The lowest BCUT2D eigenvalue weighted by Gasteiger charge is -2.08. The molecule has 0 heterocycles. The smallest absolute Gasteiger partial charge is 0.240 e. The van der Waals surface area contributed by atoms with Crippen molar-refractivity contribution < 1.29 is 9.59 Å². The summed E-state index contributed by atoms with van der Waals surface area (Å²) in [5.74, 6) is -0.283. The normalized spacial score (nSPS) is 11.7. The van der Waals surface area contributed by atoms with E-state index in [9.17, 15) is 9.59 Å². The molecule has 6 aromatic carbocycles. The molecule has 0 unspecified atom stereocenters. The number of nitrogens with one attached hydrogen (secondary N) is 2. The summed E-state index contributed by atoms with van der Waals surface area (Å²) < 4.78 is 0. The average Bonchev–Trinajstić information content (AvgIpc) is 3.04. The third kappa shape index (κ3) is 6.44. The Morgan fingerprint density at radius 3 is 1.16 bits per heavy atom. The first kappa shape index (κ1) is 27.8. The van der Waals surface area contributed by atoms with Crippen LogP contribution in [-0.2, 0) is 9.59 Å². The van der Waals surface area contributed by atoms with Crippen LogP contribution in [-0.4, -0.2) is 24.2 Å². The van der Waals surface area contributed by atoms with Gasteiger partial charge in [-0.05, 0) is 68.1 Å². The fraction of sp³-hybridized carbons (Fsp3) is 0.135. The molecular weight excluding hydrogens is 532 g/mol. The third-order valence-electron chi connectivity index (χ3n) is 7.70. The van der Waals surface area contributed by atoms with Crippen molar-refractivity contribution >= 4 is 67.3 Å². The molecule has 212 valence electrons. The molecule has 0 fully saturated rings. The number of nitrogens with zero attached hydrogens (tertiary/aromatic N) is 2. The SMILES string of the molecule is O=C(CCCCCC(=O)NN=Cc1c2ccccc2cc2ccccc12)NN=Cc1c2ccccc2cc2ccccc12. The summed E-state index contributed by atoms with van der Waals surface area (Å²) in [5, 5.41) is 17.4. The molecule has 0 aliphatic rings. The second-order valence-corrected chi connectivity index (χ2v) is 10.6. The lowest BCUT2D eigenvalue weighted by Crippen LogP contribution is -2.18. The first-order valence-electron chi connectivity index (χ1n) is 14.6. The fourth-order valence-electron chi connectivity index (χ4n) is 5.57. The van der Waals surface area contributed by atoms with E-state index in [0.29, 0.717) is 25.7 Å². The van der Waals surface area contributed by atoms with Crippen LogP contribution in [0.5, 0.6) is 0 Å². The highest BCUT2D eigenvalue weighted by Gasteiger charge is 2.08. The molecule has 6 rings (SSSR count). The monoisotopic (exact) mass is 564 g/mol. The quantitative estimate of drug-likeness (QED) is 0.0769. The molecule has 2 amide bonds. The largest absolute Gasteiger partial charge is 0.273 e. The molecular formula is C37H32N4O2.